The van der Waals surface area contributed by atoms with E-state index in [0.29, 0.717) is 26.1 Å². The number of nitrogens with zero attached hydrogens (tertiary/aromatic N) is 4. The Morgan fingerprint density at radius 2 is 2.06 bits per heavy atom. The number of piperazine rings is 1. The first-order valence-electron chi connectivity index (χ1n) is 11.5. The van der Waals surface area contributed by atoms with Crippen LogP contribution < -0.4 is 10.2 Å². The van der Waals surface area contributed by atoms with Crippen molar-refractivity contribution in [3.05, 3.63) is 38.4 Å². The van der Waals surface area contributed by atoms with Gasteiger partial charge in [0, 0.05) is 43.2 Å². The van der Waals surface area contributed by atoms with E-state index in [2.05, 4.69) is 49.1 Å². The molecule has 2 fully saturated rings. The lowest BCUT2D eigenvalue weighted by atomic mass is 10.0. The highest BCUT2D eigenvalue weighted by Crippen LogP contribution is 2.43. The Bertz CT molecular complexity index is 973. The molecule has 2 aliphatic carbocycles. The van der Waals surface area contributed by atoms with E-state index in [1.807, 2.05) is 11.0 Å². The van der Waals surface area contributed by atoms with Crippen molar-refractivity contribution in [3.63, 3.8) is 0 Å². The average Bonchev–Trinajstić information content (AvgIpc) is 3.46. The molecular formula is C23H30BrN5O2S. The monoisotopic (exact) mass is 519 g/mol. The summed E-state index contributed by atoms with van der Waals surface area (Å²) in [6.45, 7) is 6.67. The summed E-state index contributed by atoms with van der Waals surface area (Å²) in [6, 6.07) is 4.10. The van der Waals surface area contributed by atoms with Gasteiger partial charge in [0.1, 0.15) is 12.1 Å². The summed E-state index contributed by atoms with van der Waals surface area (Å²) in [7, 11) is 0. The summed E-state index contributed by atoms with van der Waals surface area (Å²) < 4.78 is 1.06. The Morgan fingerprint density at radius 1 is 1.28 bits per heavy atom. The largest absolute Gasteiger partial charge is 0.387 e. The lowest BCUT2D eigenvalue weighted by Crippen LogP contribution is -2.51. The molecule has 9 heteroatoms. The molecule has 2 aromatic heterocycles. The maximum Gasteiger partial charge on any atom is 0.232 e. The molecule has 0 spiro atoms. The normalized spacial score (nSPS) is 24.0. The zero-order chi connectivity index (χ0) is 22.2. The predicted octanol–water partition coefficient (Wildman–Crippen LogP) is 3.27. The van der Waals surface area contributed by atoms with Crippen LogP contribution in [0.2, 0.25) is 0 Å². The molecule has 1 aliphatic heterocycles. The van der Waals surface area contributed by atoms with Crippen LogP contribution >= 0.6 is 27.3 Å². The van der Waals surface area contributed by atoms with E-state index in [1.165, 1.54) is 12.8 Å². The second-order valence-corrected chi connectivity index (χ2v) is 11.8. The fraction of sp³-hybridized carbons (Fsp3) is 0.609. The molecule has 0 bridgehead atoms. The van der Waals surface area contributed by atoms with Crippen LogP contribution in [0.25, 0.3) is 0 Å². The van der Waals surface area contributed by atoms with Crippen LogP contribution in [0.1, 0.15) is 60.3 Å². The van der Waals surface area contributed by atoms with E-state index in [1.54, 1.807) is 17.7 Å². The Labute approximate surface area is 201 Å². The summed E-state index contributed by atoms with van der Waals surface area (Å²) in [4.78, 5) is 27.8. The van der Waals surface area contributed by atoms with Gasteiger partial charge < -0.3 is 20.2 Å². The summed E-state index contributed by atoms with van der Waals surface area (Å²) in [5.41, 5.74) is 1.84. The molecule has 2 N–H and O–H groups in total. The third-order valence-electron chi connectivity index (χ3n) is 6.88. The number of halogens is 1. The molecule has 3 heterocycles. The second-order valence-electron chi connectivity index (χ2n) is 9.26. The van der Waals surface area contributed by atoms with Crippen molar-refractivity contribution in [2.24, 2.45) is 5.92 Å². The number of aliphatic hydroxyl groups excluding tert-OH is 1. The van der Waals surface area contributed by atoms with Gasteiger partial charge in [-0.1, -0.05) is 6.92 Å². The Balaban J connectivity index is 1.26. The van der Waals surface area contributed by atoms with Crippen LogP contribution in [-0.4, -0.2) is 65.2 Å². The lowest BCUT2D eigenvalue weighted by molar-refractivity contribution is -0.133. The van der Waals surface area contributed by atoms with Gasteiger partial charge in [0.2, 0.25) is 5.91 Å². The van der Waals surface area contributed by atoms with Crippen LogP contribution in [0.4, 0.5) is 5.82 Å². The third kappa shape index (κ3) is 4.58. The molecule has 1 saturated carbocycles. The number of nitrogens with one attached hydrogen (secondary N) is 1. The molecule has 3 atom stereocenters. The zero-order valence-corrected chi connectivity index (χ0v) is 20.7. The van der Waals surface area contributed by atoms with Crippen molar-refractivity contribution < 1.29 is 9.90 Å². The summed E-state index contributed by atoms with van der Waals surface area (Å²) in [5, 5.41) is 13.8. The Kier molecular flexibility index (Phi) is 6.51. The molecule has 0 aromatic carbocycles. The van der Waals surface area contributed by atoms with Gasteiger partial charge in [-0.2, -0.15) is 0 Å². The SMILES string of the molecule is C[C@@H]1C[C@@H](O)c2ncnc(N3CCN(C(=O)[C@H](CNCC4CC4)c4ccc(Br)s4)CC3)c21. The molecule has 0 radical (unpaired) electrons. The predicted molar refractivity (Wildman–Crippen MR) is 129 cm³/mol. The van der Waals surface area contributed by atoms with E-state index in [9.17, 15) is 9.90 Å². The molecule has 1 saturated heterocycles. The average molecular weight is 520 g/mol. The molecule has 0 unspecified atom stereocenters. The summed E-state index contributed by atoms with van der Waals surface area (Å²) in [6.07, 6.45) is 4.37. The molecule has 5 rings (SSSR count). The number of hydrogen-bond acceptors (Lipinski definition) is 7. The van der Waals surface area contributed by atoms with Crippen LogP contribution in [0, 0.1) is 5.92 Å². The van der Waals surface area contributed by atoms with Gasteiger partial charge in [0.15, 0.2) is 0 Å². The number of thiophene rings is 1. The minimum Gasteiger partial charge on any atom is -0.387 e. The zero-order valence-electron chi connectivity index (χ0n) is 18.3. The Morgan fingerprint density at radius 3 is 2.75 bits per heavy atom. The number of aromatic nitrogens is 2. The van der Waals surface area contributed by atoms with Crippen molar-refractivity contribution in [3.8, 4) is 0 Å². The molecular weight excluding hydrogens is 490 g/mol. The van der Waals surface area contributed by atoms with Gasteiger partial charge in [0.25, 0.3) is 0 Å². The number of carbonyl (C=O) groups excluding carboxylic acids is 1. The lowest BCUT2D eigenvalue weighted by Gasteiger charge is -2.37. The fourth-order valence-corrected chi connectivity index (χ4v) is 6.41. The van der Waals surface area contributed by atoms with Crippen LogP contribution in [0.5, 0.6) is 0 Å². The van der Waals surface area contributed by atoms with Gasteiger partial charge >= 0.3 is 0 Å². The van der Waals surface area contributed by atoms with Gasteiger partial charge in [0.05, 0.1) is 21.5 Å². The Hall–Kier alpha value is -1.55. The topological polar surface area (TPSA) is 81.6 Å². The molecule has 1 amide bonds. The number of aliphatic hydroxyl groups is 1. The van der Waals surface area contributed by atoms with Gasteiger partial charge in [-0.3, -0.25) is 4.79 Å². The number of fused-ring (bicyclic) bond motifs is 1. The second kappa shape index (κ2) is 9.37. The van der Waals surface area contributed by atoms with Crippen molar-refractivity contribution in [2.45, 2.75) is 44.1 Å². The molecule has 32 heavy (non-hydrogen) atoms. The minimum absolute atomic E-state index is 0.143. The standard InChI is InChI=1S/C23H30BrN5O2S/c1-14-10-17(30)21-20(14)22(27-13-26-21)28-6-8-29(9-7-28)23(31)16(12-25-11-15-2-3-15)18-4-5-19(24)32-18/h4-5,13-17,25,30H,2-3,6-12H2,1H3/t14-,16-,17-/m1/s1. The highest BCUT2D eigenvalue weighted by atomic mass is 79.9. The first-order chi connectivity index (χ1) is 15.5. The smallest absolute Gasteiger partial charge is 0.232 e. The van der Waals surface area contributed by atoms with Gasteiger partial charge in [-0.15, -0.1) is 11.3 Å². The summed E-state index contributed by atoms with van der Waals surface area (Å²) >= 11 is 5.20. The fourth-order valence-electron chi connectivity index (χ4n) is 4.89. The number of carbonyl (C=O) groups is 1. The van der Waals surface area contributed by atoms with E-state index in [4.69, 9.17) is 0 Å². The first kappa shape index (κ1) is 22.3. The van der Waals surface area contributed by atoms with Crippen LogP contribution in [0.3, 0.4) is 0 Å². The highest BCUT2D eigenvalue weighted by molar-refractivity contribution is 9.11. The van der Waals surface area contributed by atoms with E-state index < -0.39 is 6.10 Å². The number of amides is 1. The molecule has 3 aliphatic rings. The van der Waals surface area contributed by atoms with Crippen molar-refractivity contribution in [1.82, 2.24) is 20.2 Å². The van der Waals surface area contributed by atoms with Gasteiger partial charge in [-0.25, -0.2) is 9.97 Å². The van der Waals surface area contributed by atoms with Crippen molar-refractivity contribution in [2.75, 3.05) is 44.2 Å². The minimum atomic E-state index is -0.501. The maximum atomic E-state index is 13.5. The van der Waals surface area contributed by atoms with E-state index in [0.717, 1.165) is 51.3 Å². The van der Waals surface area contributed by atoms with E-state index in [-0.39, 0.29) is 17.7 Å². The van der Waals surface area contributed by atoms with E-state index >= 15 is 0 Å². The quantitative estimate of drug-likeness (QED) is 0.584. The first-order valence-corrected chi connectivity index (χ1v) is 13.1. The maximum absolute atomic E-state index is 13.5. The van der Waals surface area contributed by atoms with Crippen LogP contribution in [-0.2, 0) is 4.79 Å². The number of rotatable bonds is 7. The van der Waals surface area contributed by atoms with Crippen LogP contribution in [0.15, 0.2) is 22.2 Å². The summed E-state index contributed by atoms with van der Waals surface area (Å²) in [5.74, 6) is 2.03. The van der Waals surface area contributed by atoms with Crippen molar-refractivity contribution >= 4 is 39.0 Å². The highest BCUT2D eigenvalue weighted by Gasteiger charge is 2.35. The van der Waals surface area contributed by atoms with Gasteiger partial charge in [-0.05, 0) is 65.7 Å². The number of hydrogen-bond donors (Lipinski definition) is 2. The number of anilines is 1. The molecule has 2 aromatic rings. The third-order valence-corrected chi connectivity index (χ3v) is 8.62. The van der Waals surface area contributed by atoms with Crippen molar-refractivity contribution in [1.29, 1.82) is 0 Å². The molecule has 172 valence electrons. The molecule has 7 nitrogen and oxygen atoms in total.